The van der Waals surface area contributed by atoms with Crippen LogP contribution in [-0.2, 0) is 4.79 Å². The second-order valence-electron chi connectivity index (χ2n) is 8.15. The van der Waals surface area contributed by atoms with Crippen LogP contribution in [-0.4, -0.2) is 61.6 Å². The topological polar surface area (TPSA) is 68.8 Å². The van der Waals surface area contributed by atoms with Crippen LogP contribution in [0.3, 0.4) is 0 Å². The molecule has 3 N–H and O–H groups in total. The maximum absolute atomic E-state index is 12.1. The lowest BCUT2D eigenvalue weighted by Crippen LogP contribution is -2.51. The van der Waals surface area contributed by atoms with Crippen molar-refractivity contribution in [1.82, 2.24) is 20.9 Å². The van der Waals surface area contributed by atoms with Gasteiger partial charge in [-0.1, -0.05) is 6.42 Å². The number of aliphatic imine (C=N–C) groups is 1. The van der Waals surface area contributed by atoms with Gasteiger partial charge in [-0.05, 0) is 67.5 Å². The second kappa shape index (κ2) is 10.00. The summed E-state index contributed by atoms with van der Waals surface area (Å²) in [5.74, 6) is 0.844. The lowest BCUT2D eigenvalue weighted by atomic mass is 9.92. The van der Waals surface area contributed by atoms with Gasteiger partial charge >= 0.3 is 0 Å². The molecule has 0 unspecified atom stereocenters. The largest absolute Gasteiger partial charge is 0.357 e. The van der Waals surface area contributed by atoms with Gasteiger partial charge in [0.25, 0.3) is 0 Å². The number of piperidine rings is 1. The van der Waals surface area contributed by atoms with E-state index in [0.717, 1.165) is 32.1 Å². The van der Waals surface area contributed by atoms with Gasteiger partial charge in [0.1, 0.15) is 0 Å². The fourth-order valence-electron chi connectivity index (χ4n) is 3.00. The number of carbonyl (C=O) groups excluding carboxylic acids is 1. The summed E-state index contributed by atoms with van der Waals surface area (Å²) in [6.07, 6.45) is 3.91. The van der Waals surface area contributed by atoms with Crippen molar-refractivity contribution >= 4 is 11.9 Å². The molecule has 0 saturated carbocycles. The van der Waals surface area contributed by atoms with Crippen molar-refractivity contribution in [3.8, 4) is 0 Å². The summed E-state index contributed by atoms with van der Waals surface area (Å²) in [5, 5.41) is 9.52. The predicted octanol–water partition coefficient (Wildman–Crippen LogP) is 1.97. The minimum absolute atomic E-state index is 0.0534. The fraction of sp³-hybridized carbons (Fsp3) is 0.895. The van der Waals surface area contributed by atoms with E-state index in [2.05, 4.69) is 41.6 Å². The quantitative estimate of drug-likeness (QED) is 0.461. The van der Waals surface area contributed by atoms with E-state index in [9.17, 15) is 4.79 Å². The van der Waals surface area contributed by atoms with E-state index in [-0.39, 0.29) is 11.4 Å². The number of likely N-dealkylation sites (tertiary alicyclic amines) is 1. The Balaban J connectivity index is 2.65. The van der Waals surface area contributed by atoms with Gasteiger partial charge in [0.05, 0.1) is 12.0 Å². The highest BCUT2D eigenvalue weighted by molar-refractivity contribution is 5.84. The van der Waals surface area contributed by atoms with E-state index in [1.807, 2.05) is 20.8 Å². The number of rotatable bonds is 8. The molecule has 6 nitrogen and oxygen atoms in total. The SMILES string of the molecule is CCNC(=O)C(C)(C)CNC(=NCC(C)(C)N1CCCCC1)NCC. The maximum Gasteiger partial charge on any atom is 0.227 e. The highest BCUT2D eigenvalue weighted by Crippen LogP contribution is 2.20. The zero-order valence-electron chi connectivity index (χ0n) is 17.2. The van der Waals surface area contributed by atoms with Crippen molar-refractivity contribution in [3.63, 3.8) is 0 Å². The number of nitrogens with zero attached hydrogens (tertiary/aromatic N) is 2. The monoisotopic (exact) mass is 353 g/mol. The van der Waals surface area contributed by atoms with E-state index in [4.69, 9.17) is 4.99 Å². The fourth-order valence-corrected chi connectivity index (χ4v) is 3.00. The zero-order valence-corrected chi connectivity index (χ0v) is 17.2. The molecule has 0 aliphatic carbocycles. The average Bonchev–Trinajstić information content (AvgIpc) is 2.58. The Kier molecular flexibility index (Phi) is 8.69. The molecular formula is C19H39N5O. The number of guanidine groups is 1. The molecule has 1 saturated heterocycles. The minimum atomic E-state index is -0.478. The van der Waals surface area contributed by atoms with Gasteiger partial charge in [-0.25, -0.2) is 0 Å². The number of nitrogens with one attached hydrogen (secondary N) is 3. The number of hydrogen-bond acceptors (Lipinski definition) is 3. The molecule has 0 spiro atoms. The lowest BCUT2D eigenvalue weighted by molar-refractivity contribution is -0.128. The molecule has 1 aliphatic rings. The van der Waals surface area contributed by atoms with Gasteiger partial charge in [0.2, 0.25) is 5.91 Å². The Labute approximate surface area is 154 Å². The van der Waals surface area contributed by atoms with Crippen LogP contribution < -0.4 is 16.0 Å². The van der Waals surface area contributed by atoms with E-state index >= 15 is 0 Å². The van der Waals surface area contributed by atoms with Gasteiger partial charge in [0, 0.05) is 25.2 Å². The van der Waals surface area contributed by atoms with Crippen LogP contribution in [0.1, 0.15) is 60.8 Å². The van der Waals surface area contributed by atoms with Crippen molar-refractivity contribution in [2.24, 2.45) is 10.4 Å². The molecule has 0 atom stereocenters. The molecule has 0 bridgehead atoms. The standard InChI is InChI=1S/C19H39N5O/c1-7-20-16(25)18(3,4)14-22-17(21-8-2)23-15-19(5,6)24-12-10-9-11-13-24/h7-15H2,1-6H3,(H,20,25)(H2,21,22,23). The van der Waals surface area contributed by atoms with Crippen LogP contribution in [0.4, 0.5) is 0 Å². The molecule has 0 aromatic carbocycles. The molecule has 6 heteroatoms. The summed E-state index contributed by atoms with van der Waals surface area (Å²) in [6.45, 7) is 17.5. The summed E-state index contributed by atoms with van der Waals surface area (Å²) < 4.78 is 0. The Bertz CT molecular complexity index is 439. The molecule has 0 aromatic heterocycles. The first-order valence-corrected chi connectivity index (χ1v) is 9.78. The molecule has 1 fully saturated rings. The molecule has 1 heterocycles. The van der Waals surface area contributed by atoms with Crippen molar-refractivity contribution in [3.05, 3.63) is 0 Å². The molecule has 1 rings (SSSR count). The van der Waals surface area contributed by atoms with E-state index in [0.29, 0.717) is 13.1 Å². The molecule has 146 valence electrons. The molecule has 1 amide bonds. The normalized spacial score (nSPS) is 17.3. The molecule has 25 heavy (non-hydrogen) atoms. The van der Waals surface area contributed by atoms with Crippen LogP contribution >= 0.6 is 0 Å². The summed E-state index contributed by atoms with van der Waals surface area (Å²) >= 11 is 0. The Morgan fingerprint density at radius 2 is 1.56 bits per heavy atom. The lowest BCUT2D eigenvalue weighted by Gasteiger charge is -2.40. The van der Waals surface area contributed by atoms with Crippen molar-refractivity contribution < 1.29 is 4.79 Å². The highest BCUT2D eigenvalue weighted by atomic mass is 16.2. The van der Waals surface area contributed by atoms with Crippen LogP contribution in [0.5, 0.6) is 0 Å². The molecule has 0 radical (unpaired) electrons. The highest BCUT2D eigenvalue weighted by Gasteiger charge is 2.29. The summed E-state index contributed by atoms with van der Waals surface area (Å²) in [6, 6.07) is 0. The summed E-state index contributed by atoms with van der Waals surface area (Å²) in [4.78, 5) is 19.5. The van der Waals surface area contributed by atoms with Gasteiger partial charge in [-0.15, -0.1) is 0 Å². The van der Waals surface area contributed by atoms with Crippen LogP contribution in [0.25, 0.3) is 0 Å². The predicted molar refractivity (Wildman–Crippen MR) is 106 cm³/mol. The van der Waals surface area contributed by atoms with Gasteiger partial charge in [-0.2, -0.15) is 0 Å². The molecule has 0 aromatic rings. The number of carbonyl (C=O) groups is 1. The average molecular weight is 354 g/mol. The third-order valence-electron chi connectivity index (χ3n) is 4.83. The Hall–Kier alpha value is -1.30. The van der Waals surface area contributed by atoms with Crippen LogP contribution in [0, 0.1) is 5.41 Å². The third kappa shape index (κ3) is 7.22. The Morgan fingerprint density at radius 3 is 2.12 bits per heavy atom. The Morgan fingerprint density at radius 1 is 0.960 bits per heavy atom. The molecular weight excluding hydrogens is 314 g/mol. The van der Waals surface area contributed by atoms with Crippen molar-refractivity contribution in [2.75, 3.05) is 39.3 Å². The van der Waals surface area contributed by atoms with E-state index in [1.54, 1.807) is 0 Å². The van der Waals surface area contributed by atoms with Gasteiger partial charge in [-0.3, -0.25) is 14.7 Å². The number of hydrogen-bond donors (Lipinski definition) is 3. The third-order valence-corrected chi connectivity index (χ3v) is 4.83. The smallest absolute Gasteiger partial charge is 0.227 e. The van der Waals surface area contributed by atoms with Gasteiger partial charge < -0.3 is 16.0 Å². The van der Waals surface area contributed by atoms with Crippen LogP contribution in [0.15, 0.2) is 4.99 Å². The van der Waals surface area contributed by atoms with Gasteiger partial charge in [0.15, 0.2) is 5.96 Å². The van der Waals surface area contributed by atoms with Crippen molar-refractivity contribution in [2.45, 2.75) is 66.3 Å². The first kappa shape index (κ1) is 21.7. The summed E-state index contributed by atoms with van der Waals surface area (Å²) in [5.41, 5.74) is -0.424. The summed E-state index contributed by atoms with van der Waals surface area (Å²) in [7, 11) is 0. The zero-order chi connectivity index (χ0) is 18.9. The van der Waals surface area contributed by atoms with E-state index < -0.39 is 5.41 Å². The van der Waals surface area contributed by atoms with Crippen LogP contribution in [0.2, 0.25) is 0 Å². The van der Waals surface area contributed by atoms with Crippen molar-refractivity contribution in [1.29, 1.82) is 0 Å². The van der Waals surface area contributed by atoms with E-state index in [1.165, 1.54) is 19.3 Å². The first-order valence-electron chi connectivity index (χ1n) is 9.78. The second-order valence-corrected chi connectivity index (χ2v) is 8.15. The minimum Gasteiger partial charge on any atom is -0.357 e. The molecule has 1 aliphatic heterocycles. The first-order chi connectivity index (χ1) is 11.7. The number of amides is 1. The maximum atomic E-state index is 12.1.